The third-order valence-electron chi connectivity index (χ3n) is 2.69. The van der Waals surface area contributed by atoms with E-state index in [0.29, 0.717) is 12.0 Å². The first-order valence-electron chi connectivity index (χ1n) is 6.18. The Morgan fingerprint density at radius 1 is 1.21 bits per heavy atom. The minimum absolute atomic E-state index is 0.135. The van der Waals surface area contributed by atoms with Crippen LogP contribution in [0.15, 0.2) is 30.3 Å². The van der Waals surface area contributed by atoms with Gasteiger partial charge in [0.25, 0.3) is 5.91 Å². The van der Waals surface area contributed by atoms with Gasteiger partial charge in [-0.15, -0.1) is 0 Å². The molecule has 0 aliphatic heterocycles. The number of hydrogen-bond acceptors (Lipinski definition) is 3. The molecular formula is C14H19NO4. The van der Waals surface area contributed by atoms with Gasteiger partial charge in [0.1, 0.15) is 6.04 Å². The number of carbonyl (C=O) groups excluding carboxylic acids is 1. The van der Waals surface area contributed by atoms with Crippen LogP contribution in [0.3, 0.4) is 0 Å². The molecule has 1 aromatic rings. The molecule has 0 saturated carbocycles. The molecule has 1 amide bonds. The lowest BCUT2D eigenvalue weighted by atomic mass is 10.0. The van der Waals surface area contributed by atoms with E-state index in [2.05, 4.69) is 5.32 Å². The van der Waals surface area contributed by atoms with Gasteiger partial charge in [0.05, 0.1) is 0 Å². The van der Waals surface area contributed by atoms with Gasteiger partial charge in [-0.3, -0.25) is 4.79 Å². The van der Waals surface area contributed by atoms with E-state index in [1.807, 2.05) is 13.8 Å². The summed E-state index contributed by atoms with van der Waals surface area (Å²) in [6.45, 7) is 3.74. The second kappa shape index (κ2) is 6.89. The molecule has 0 bridgehead atoms. The van der Waals surface area contributed by atoms with Crippen molar-refractivity contribution in [2.24, 2.45) is 5.92 Å². The first-order chi connectivity index (χ1) is 8.91. The summed E-state index contributed by atoms with van der Waals surface area (Å²) < 4.78 is 0. The number of benzene rings is 1. The monoisotopic (exact) mass is 265 g/mol. The third-order valence-corrected chi connectivity index (χ3v) is 2.69. The number of rotatable bonds is 6. The molecule has 1 rings (SSSR count). The van der Waals surface area contributed by atoms with E-state index in [1.165, 1.54) is 0 Å². The first-order valence-corrected chi connectivity index (χ1v) is 6.18. The fraction of sp³-hybridized carbons (Fsp3) is 0.429. The van der Waals surface area contributed by atoms with Gasteiger partial charge < -0.3 is 15.5 Å². The Morgan fingerprint density at radius 3 is 2.26 bits per heavy atom. The minimum Gasteiger partial charge on any atom is -0.480 e. The van der Waals surface area contributed by atoms with Gasteiger partial charge in [-0.1, -0.05) is 44.2 Å². The third kappa shape index (κ3) is 4.71. The van der Waals surface area contributed by atoms with Crippen LogP contribution in [0.5, 0.6) is 0 Å². The summed E-state index contributed by atoms with van der Waals surface area (Å²) in [5.41, 5.74) is 0.439. The van der Waals surface area contributed by atoms with Crippen molar-refractivity contribution < 1.29 is 19.8 Å². The van der Waals surface area contributed by atoms with Crippen LogP contribution in [-0.2, 0) is 9.59 Å². The van der Waals surface area contributed by atoms with E-state index in [1.54, 1.807) is 30.3 Å². The lowest BCUT2D eigenvalue weighted by Crippen LogP contribution is -2.43. The predicted molar refractivity (Wildman–Crippen MR) is 70.4 cm³/mol. The van der Waals surface area contributed by atoms with E-state index in [-0.39, 0.29) is 5.92 Å². The van der Waals surface area contributed by atoms with Crippen molar-refractivity contribution in [2.45, 2.75) is 32.4 Å². The quantitative estimate of drug-likeness (QED) is 0.724. The zero-order chi connectivity index (χ0) is 14.4. The molecular weight excluding hydrogens is 246 g/mol. The largest absolute Gasteiger partial charge is 0.480 e. The van der Waals surface area contributed by atoms with E-state index in [9.17, 15) is 14.7 Å². The van der Waals surface area contributed by atoms with Gasteiger partial charge in [0.2, 0.25) is 0 Å². The van der Waals surface area contributed by atoms with Crippen LogP contribution in [0.1, 0.15) is 31.9 Å². The van der Waals surface area contributed by atoms with Gasteiger partial charge in [-0.05, 0) is 17.9 Å². The summed E-state index contributed by atoms with van der Waals surface area (Å²) in [6.07, 6.45) is -1.03. The number of aliphatic hydroxyl groups is 1. The molecule has 19 heavy (non-hydrogen) atoms. The van der Waals surface area contributed by atoms with E-state index >= 15 is 0 Å². The zero-order valence-corrected chi connectivity index (χ0v) is 11.0. The van der Waals surface area contributed by atoms with Crippen molar-refractivity contribution in [1.82, 2.24) is 5.32 Å². The molecule has 104 valence electrons. The maximum absolute atomic E-state index is 11.8. The molecule has 0 spiro atoms. The molecule has 5 nitrogen and oxygen atoms in total. The standard InChI is InChI=1S/C14H19NO4/c1-9(2)8-11(14(18)19)15-13(17)12(16)10-6-4-3-5-7-10/h3-7,9,11-12,16H,8H2,1-2H3,(H,15,17)(H,18,19)/t11-,12+/m1/s1. The maximum Gasteiger partial charge on any atom is 0.326 e. The Kier molecular flexibility index (Phi) is 5.51. The molecule has 1 aromatic carbocycles. The van der Waals surface area contributed by atoms with Crippen LogP contribution in [0.4, 0.5) is 0 Å². The summed E-state index contributed by atoms with van der Waals surface area (Å²) in [5, 5.41) is 21.2. The molecule has 0 aliphatic rings. The van der Waals surface area contributed by atoms with Crippen molar-refractivity contribution >= 4 is 11.9 Å². The lowest BCUT2D eigenvalue weighted by Gasteiger charge is -2.18. The molecule has 0 radical (unpaired) electrons. The van der Waals surface area contributed by atoms with Crippen molar-refractivity contribution in [2.75, 3.05) is 0 Å². The molecule has 5 heteroatoms. The molecule has 0 aromatic heterocycles. The molecule has 0 aliphatic carbocycles. The first kappa shape index (κ1) is 15.2. The second-order valence-corrected chi connectivity index (χ2v) is 4.84. The Balaban J connectivity index is 2.69. The fourth-order valence-corrected chi connectivity index (χ4v) is 1.73. The topological polar surface area (TPSA) is 86.6 Å². The number of aliphatic carboxylic acids is 1. The average molecular weight is 265 g/mol. The van der Waals surface area contributed by atoms with Crippen molar-refractivity contribution in [3.05, 3.63) is 35.9 Å². The number of nitrogens with one attached hydrogen (secondary N) is 1. The Hall–Kier alpha value is -1.88. The molecule has 0 heterocycles. The number of carbonyl (C=O) groups is 2. The van der Waals surface area contributed by atoms with Crippen LogP contribution in [0.25, 0.3) is 0 Å². The Morgan fingerprint density at radius 2 is 1.79 bits per heavy atom. The number of carboxylic acid groups (broad SMARTS) is 1. The summed E-state index contributed by atoms with van der Waals surface area (Å²) in [7, 11) is 0. The second-order valence-electron chi connectivity index (χ2n) is 4.84. The van der Waals surface area contributed by atoms with Crippen LogP contribution in [-0.4, -0.2) is 28.1 Å². The molecule has 2 atom stereocenters. The summed E-state index contributed by atoms with van der Waals surface area (Å²) in [4.78, 5) is 22.8. The highest BCUT2D eigenvalue weighted by Gasteiger charge is 2.25. The molecule has 3 N–H and O–H groups in total. The summed E-state index contributed by atoms with van der Waals surface area (Å²) >= 11 is 0. The highest BCUT2D eigenvalue weighted by Crippen LogP contribution is 2.13. The van der Waals surface area contributed by atoms with Gasteiger partial charge in [0.15, 0.2) is 6.10 Å². The highest BCUT2D eigenvalue weighted by molar-refractivity contribution is 5.86. The predicted octanol–water partition coefficient (Wildman–Crippen LogP) is 1.34. The number of carboxylic acids is 1. The highest BCUT2D eigenvalue weighted by atomic mass is 16.4. The molecule has 0 fully saturated rings. The van der Waals surface area contributed by atoms with Crippen molar-refractivity contribution in [3.63, 3.8) is 0 Å². The molecule has 0 saturated heterocycles. The van der Waals surface area contributed by atoms with Crippen LogP contribution < -0.4 is 5.32 Å². The number of hydrogen-bond donors (Lipinski definition) is 3. The zero-order valence-electron chi connectivity index (χ0n) is 11.0. The van der Waals surface area contributed by atoms with Crippen LogP contribution in [0, 0.1) is 5.92 Å². The van der Waals surface area contributed by atoms with Gasteiger partial charge in [-0.25, -0.2) is 4.79 Å². The van der Waals surface area contributed by atoms with Crippen LogP contribution >= 0.6 is 0 Å². The van der Waals surface area contributed by atoms with Crippen molar-refractivity contribution in [3.8, 4) is 0 Å². The van der Waals surface area contributed by atoms with Gasteiger partial charge in [0, 0.05) is 0 Å². The minimum atomic E-state index is -1.35. The average Bonchev–Trinajstić information content (AvgIpc) is 2.37. The van der Waals surface area contributed by atoms with E-state index in [4.69, 9.17) is 5.11 Å². The van der Waals surface area contributed by atoms with Gasteiger partial charge in [-0.2, -0.15) is 0 Å². The van der Waals surface area contributed by atoms with E-state index in [0.717, 1.165) is 0 Å². The normalized spacial score (nSPS) is 13.9. The summed E-state index contributed by atoms with van der Waals surface area (Å²) in [6, 6.07) is 7.42. The molecule has 0 unspecified atom stereocenters. The number of amides is 1. The van der Waals surface area contributed by atoms with Crippen LogP contribution in [0.2, 0.25) is 0 Å². The summed E-state index contributed by atoms with van der Waals surface area (Å²) in [5.74, 6) is -1.66. The Bertz CT molecular complexity index is 430. The lowest BCUT2D eigenvalue weighted by molar-refractivity contribution is -0.144. The SMILES string of the molecule is CC(C)C[C@@H](NC(=O)[C@@H](O)c1ccccc1)C(=O)O. The maximum atomic E-state index is 11.8. The Labute approximate surface area is 112 Å². The number of aliphatic hydroxyl groups excluding tert-OH is 1. The van der Waals surface area contributed by atoms with Gasteiger partial charge >= 0.3 is 5.97 Å². The van der Waals surface area contributed by atoms with E-state index < -0.39 is 24.0 Å². The smallest absolute Gasteiger partial charge is 0.326 e. The fourth-order valence-electron chi connectivity index (χ4n) is 1.73. The van der Waals surface area contributed by atoms with Crippen molar-refractivity contribution in [1.29, 1.82) is 0 Å².